The third-order valence-corrected chi connectivity index (χ3v) is 5.50. The molecular weight excluding hydrogens is 347 g/mol. The second kappa shape index (κ2) is 6.45. The molecule has 140 valence electrons. The second-order valence-corrected chi connectivity index (χ2v) is 7.26. The van der Waals surface area contributed by atoms with Gasteiger partial charge in [-0.1, -0.05) is 0 Å². The summed E-state index contributed by atoms with van der Waals surface area (Å²) in [5.41, 5.74) is 2.60. The van der Waals surface area contributed by atoms with Crippen LogP contribution in [0.3, 0.4) is 0 Å². The fourth-order valence-electron chi connectivity index (χ4n) is 4.19. The minimum absolute atomic E-state index is 0.0723. The van der Waals surface area contributed by atoms with Crippen LogP contribution in [0.25, 0.3) is 5.65 Å². The van der Waals surface area contributed by atoms with E-state index in [2.05, 4.69) is 19.9 Å². The van der Waals surface area contributed by atoms with E-state index in [9.17, 15) is 9.50 Å². The maximum Gasteiger partial charge on any atom is 0.180 e. The molecule has 0 unspecified atom stereocenters. The Hall–Kier alpha value is -2.74. The van der Waals surface area contributed by atoms with Crippen LogP contribution in [0.4, 0.5) is 15.9 Å². The van der Waals surface area contributed by atoms with E-state index in [1.54, 1.807) is 16.8 Å². The molecule has 3 aromatic rings. The Morgan fingerprint density at radius 2 is 2.07 bits per heavy atom. The number of β-amino-alcohol motifs (C(OH)–C–C–N with tert-alkyl or cyclic N) is 1. The lowest BCUT2D eigenvalue weighted by Crippen LogP contribution is -2.24. The summed E-state index contributed by atoms with van der Waals surface area (Å²) >= 11 is 0. The van der Waals surface area contributed by atoms with Gasteiger partial charge >= 0.3 is 0 Å². The number of halogens is 1. The molecule has 2 fully saturated rings. The quantitative estimate of drug-likeness (QED) is 0.764. The average molecular weight is 368 g/mol. The number of aromatic nitrogens is 4. The molecule has 1 N–H and O–H groups in total. The van der Waals surface area contributed by atoms with Gasteiger partial charge in [0.15, 0.2) is 5.65 Å². The van der Waals surface area contributed by atoms with E-state index in [-0.39, 0.29) is 18.0 Å². The Balaban J connectivity index is 1.51. The molecule has 2 atom stereocenters. The van der Waals surface area contributed by atoms with Gasteiger partial charge in [-0.25, -0.2) is 13.9 Å². The molecular formula is C19H21FN6O. The lowest BCUT2D eigenvalue weighted by atomic mass is 10.1. The van der Waals surface area contributed by atoms with Crippen molar-refractivity contribution in [3.8, 4) is 0 Å². The van der Waals surface area contributed by atoms with Gasteiger partial charge in [-0.05, 0) is 37.0 Å². The predicted molar refractivity (Wildman–Crippen MR) is 99.3 cm³/mol. The molecule has 0 aromatic carbocycles. The summed E-state index contributed by atoms with van der Waals surface area (Å²) in [5, 5.41) is 14.2. The van der Waals surface area contributed by atoms with E-state index in [1.807, 2.05) is 18.5 Å². The normalized spacial score (nSPS) is 22.9. The van der Waals surface area contributed by atoms with Crippen LogP contribution in [-0.2, 0) is 0 Å². The highest BCUT2D eigenvalue weighted by atomic mass is 19.1. The molecule has 3 aromatic heterocycles. The number of hydrogen-bond donors (Lipinski definition) is 1. The van der Waals surface area contributed by atoms with Gasteiger partial charge in [0.05, 0.1) is 24.5 Å². The highest BCUT2D eigenvalue weighted by Gasteiger charge is 2.29. The number of pyridine rings is 1. The van der Waals surface area contributed by atoms with Crippen LogP contribution in [0.15, 0.2) is 36.9 Å². The van der Waals surface area contributed by atoms with Crippen LogP contribution >= 0.6 is 0 Å². The highest BCUT2D eigenvalue weighted by Crippen LogP contribution is 2.36. The Bertz CT molecular complexity index is 976. The summed E-state index contributed by atoms with van der Waals surface area (Å²) in [6.07, 6.45) is 9.12. The van der Waals surface area contributed by atoms with Crippen molar-refractivity contribution >= 4 is 17.2 Å². The number of aliphatic hydroxyl groups is 1. The first-order valence-corrected chi connectivity index (χ1v) is 9.33. The Kier molecular flexibility index (Phi) is 3.93. The maximum absolute atomic E-state index is 13.6. The topological polar surface area (TPSA) is 69.8 Å². The van der Waals surface area contributed by atoms with Crippen molar-refractivity contribution in [1.82, 2.24) is 19.6 Å². The van der Waals surface area contributed by atoms with E-state index in [4.69, 9.17) is 4.98 Å². The Morgan fingerprint density at radius 1 is 1.15 bits per heavy atom. The minimum atomic E-state index is -0.312. The summed E-state index contributed by atoms with van der Waals surface area (Å²) in [4.78, 5) is 13.2. The van der Waals surface area contributed by atoms with Crippen LogP contribution in [0.1, 0.15) is 30.9 Å². The predicted octanol–water partition coefficient (Wildman–Crippen LogP) is 2.18. The van der Waals surface area contributed by atoms with Crippen molar-refractivity contribution in [3.05, 3.63) is 48.3 Å². The third kappa shape index (κ3) is 2.90. The fourth-order valence-corrected chi connectivity index (χ4v) is 4.19. The van der Waals surface area contributed by atoms with Gasteiger partial charge in [-0.2, -0.15) is 5.10 Å². The van der Waals surface area contributed by atoms with Crippen LogP contribution in [0.5, 0.6) is 0 Å². The van der Waals surface area contributed by atoms with Crippen LogP contribution in [-0.4, -0.2) is 50.4 Å². The van der Waals surface area contributed by atoms with E-state index in [0.29, 0.717) is 6.54 Å². The molecule has 7 nitrogen and oxygen atoms in total. The van der Waals surface area contributed by atoms with E-state index < -0.39 is 0 Å². The summed E-state index contributed by atoms with van der Waals surface area (Å²) in [6.45, 7) is 2.28. The molecule has 5 heterocycles. The molecule has 8 heteroatoms. The van der Waals surface area contributed by atoms with Crippen molar-refractivity contribution in [1.29, 1.82) is 0 Å². The molecule has 2 aliphatic heterocycles. The summed E-state index contributed by atoms with van der Waals surface area (Å²) in [7, 11) is 0. The number of rotatable bonds is 3. The van der Waals surface area contributed by atoms with Crippen molar-refractivity contribution < 1.29 is 9.50 Å². The molecule has 0 aliphatic carbocycles. The number of fused-ring (bicyclic) bond motifs is 1. The first-order valence-electron chi connectivity index (χ1n) is 9.33. The van der Waals surface area contributed by atoms with E-state index in [0.717, 1.165) is 55.1 Å². The van der Waals surface area contributed by atoms with E-state index in [1.165, 1.54) is 6.20 Å². The minimum Gasteiger partial charge on any atom is -0.391 e. The SMILES string of the molecule is O[C@H]1CCN(c2cnn3ccc(N4CCC[C@@H]4c4cncc(F)c4)nc23)C1. The van der Waals surface area contributed by atoms with Gasteiger partial charge in [0.1, 0.15) is 17.3 Å². The van der Waals surface area contributed by atoms with Crippen molar-refractivity contribution in [3.63, 3.8) is 0 Å². The standard InChI is InChI=1S/C19H21FN6O/c20-14-8-13(9-21-10-14)16-2-1-5-25(16)18-4-7-26-19(23-18)17(11-22-26)24-6-3-15(27)12-24/h4,7-11,15-16,27H,1-3,5-6,12H2/t15-,16+/m0/s1. The molecule has 0 amide bonds. The monoisotopic (exact) mass is 368 g/mol. The number of hydrogen-bond acceptors (Lipinski definition) is 6. The number of nitrogens with zero attached hydrogens (tertiary/aromatic N) is 6. The van der Waals surface area contributed by atoms with E-state index >= 15 is 0 Å². The van der Waals surface area contributed by atoms with Gasteiger partial charge in [-0.3, -0.25) is 4.98 Å². The first-order chi connectivity index (χ1) is 13.2. The number of anilines is 2. The molecule has 5 rings (SSSR count). The van der Waals surface area contributed by atoms with Crippen LogP contribution in [0.2, 0.25) is 0 Å². The molecule has 27 heavy (non-hydrogen) atoms. The summed E-state index contributed by atoms with van der Waals surface area (Å²) in [6, 6.07) is 3.58. The number of aliphatic hydroxyl groups excluding tert-OH is 1. The van der Waals surface area contributed by atoms with Crippen LogP contribution < -0.4 is 9.80 Å². The molecule has 0 radical (unpaired) electrons. The van der Waals surface area contributed by atoms with Crippen molar-refractivity contribution in [2.75, 3.05) is 29.4 Å². The van der Waals surface area contributed by atoms with Gasteiger partial charge < -0.3 is 14.9 Å². The average Bonchev–Trinajstić information content (AvgIpc) is 3.40. The van der Waals surface area contributed by atoms with Gasteiger partial charge in [0.2, 0.25) is 0 Å². The summed E-state index contributed by atoms with van der Waals surface area (Å²) < 4.78 is 15.4. The molecule has 2 saturated heterocycles. The van der Waals surface area contributed by atoms with Crippen molar-refractivity contribution in [2.45, 2.75) is 31.4 Å². The van der Waals surface area contributed by atoms with Gasteiger partial charge in [0.25, 0.3) is 0 Å². The lowest BCUT2D eigenvalue weighted by Gasteiger charge is -2.26. The fraction of sp³-hybridized carbons (Fsp3) is 0.421. The molecule has 0 bridgehead atoms. The third-order valence-electron chi connectivity index (χ3n) is 5.50. The van der Waals surface area contributed by atoms with Gasteiger partial charge in [0, 0.05) is 32.0 Å². The largest absolute Gasteiger partial charge is 0.391 e. The second-order valence-electron chi connectivity index (χ2n) is 7.26. The zero-order chi connectivity index (χ0) is 18.4. The Morgan fingerprint density at radius 3 is 2.89 bits per heavy atom. The summed E-state index contributed by atoms with van der Waals surface area (Å²) in [5.74, 6) is 0.546. The van der Waals surface area contributed by atoms with Gasteiger partial charge in [-0.15, -0.1) is 0 Å². The Labute approximate surface area is 156 Å². The first kappa shape index (κ1) is 16.4. The molecule has 0 spiro atoms. The van der Waals surface area contributed by atoms with Crippen molar-refractivity contribution in [2.24, 2.45) is 0 Å². The highest BCUT2D eigenvalue weighted by molar-refractivity contribution is 5.70. The van der Waals surface area contributed by atoms with Crippen LogP contribution in [0, 0.1) is 5.82 Å². The smallest absolute Gasteiger partial charge is 0.180 e. The molecule has 2 aliphatic rings. The molecule has 0 saturated carbocycles. The zero-order valence-electron chi connectivity index (χ0n) is 14.9. The maximum atomic E-state index is 13.6. The zero-order valence-corrected chi connectivity index (χ0v) is 14.9. The lowest BCUT2D eigenvalue weighted by molar-refractivity contribution is 0.198.